The number of nitrogens with zero attached hydrogens (tertiary/aromatic N) is 3. The number of nitrogens with one attached hydrogen (secondary N) is 3. The number of benzene rings is 2. The Kier molecular flexibility index (Phi) is 9.17. The molecule has 6 heterocycles. The Morgan fingerprint density at radius 2 is 1.70 bits per heavy atom. The van der Waals surface area contributed by atoms with E-state index in [-0.39, 0.29) is 28.3 Å². The zero-order chi connectivity index (χ0) is 36.9. The maximum absolute atomic E-state index is 14.2. The number of rotatable bonds is 6. The number of allylic oxidation sites excluding steroid dienone is 3. The summed E-state index contributed by atoms with van der Waals surface area (Å²) in [4.78, 5) is 50.4. The number of carbonyl (C=O) groups is 3. The second kappa shape index (κ2) is 14.0. The van der Waals surface area contributed by atoms with Crippen LogP contribution in [0, 0.1) is 24.0 Å². The third kappa shape index (κ3) is 6.76. The number of dihydropyridines is 1. The van der Waals surface area contributed by atoms with E-state index in [1.54, 1.807) is 41.4 Å². The average Bonchev–Trinajstić information content (AvgIpc) is 3.50. The molecule has 53 heavy (non-hydrogen) atoms. The summed E-state index contributed by atoms with van der Waals surface area (Å²) in [6, 6.07) is 13.8. The van der Waals surface area contributed by atoms with Crippen LogP contribution >= 0.6 is 11.3 Å². The number of thiophene rings is 1. The molecule has 1 spiro atoms. The molecule has 3 N–H and O–H groups in total. The van der Waals surface area contributed by atoms with Crippen molar-refractivity contribution in [1.82, 2.24) is 15.2 Å². The van der Waals surface area contributed by atoms with Crippen molar-refractivity contribution in [2.45, 2.75) is 39.3 Å². The minimum absolute atomic E-state index is 0.209. The number of likely N-dealkylation sites (tertiary alicyclic amines) is 1. The lowest BCUT2D eigenvalue weighted by Gasteiger charge is -2.55. The lowest BCUT2D eigenvalue weighted by atomic mass is 9.73. The van der Waals surface area contributed by atoms with Gasteiger partial charge in [0.15, 0.2) is 0 Å². The van der Waals surface area contributed by atoms with Gasteiger partial charge in [-0.3, -0.25) is 24.3 Å². The number of ether oxygens (including phenoxy) is 1. The van der Waals surface area contributed by atoms with Crippen LogP contribution in [0.5, 0.6) is 0 Å². The largest absolute Gasteiger partial charge is 0.381 e. The zero-order valence-corrected chi connectivity index (χ0v) is 30.1. The predicted molar refractivity (Wildman–Crippen MR) is 200 cm³/mol. The van der Waals surface area contributed by atoms with Gasteiger partial charge >= 0.3 is 0 Å². The number of carbonyl (C=O) groups excluding carboxylic acids is 3. The van der Waals surface area contributed by atoms with E-state index in [4.69, 9.17) is 4.74 Å². The van der Waals surface area contributed by atoms with E-state index in [2.05, 4.69) is 25.8 Å². The Morgan fingerprint density at radius 3 is 2.43 bits per heavy atom. The van der Waals surface area contributed by atoms with Crippen molar-refractivity contribution in [2.24, 2.45) is 5.41 Å². The minimum Gasteiger partial charge on any atom is -0.381 e. The predicted octanol–water partition coefficient (Wildman–Crippen LogP) is 6.66. The summed E-state index contributed by atoms with van der Waals surface area (Å²) in [6.45, 7) is 7.59. The second-order valence-electron chi connectivity index (χ2n) is 14.2. The molecule has 2 aromatic carbocycles. The van der Waals surface area contributed by atoms with Crippen LogP contribution in [-0.2, 0) is 16.0 Å². The second-order valence-corrected chi connectivity index (χ2v) is 15.2. The van der Waals surface area contributed by atoms with Gasteiger partial charge < -0.3 is 25.6 Å². The molecular weight excluding hydrogens is 699 g/mol. The van der Waals surface area contributed by atoms with E-state index in [9.17, 15) is 23.2 Å². The van der Waals surface area contributed by atoms with Crippen molar-refractivity contribution < 1.29 is 27.9 Å². The van der Waals surface area contributed by atoms with Crippen molar-refractivity contribution in [1.29, 1.82) is 0 Å². The number of aryl methyl sites for hydroxylation is 1. The van der Waals surface area contributed by atoms with Crippen LogP contribution in [0.3, 0.4) is 0 Å². The third-order valence-electron chi connectivity index (χ3n) is 10.4. The van der Waals surface area contributed by atoms with Gasteiger partial charge in [-0.2, -0.15) is 0 Å². The number of hydrogen-bond acceptors (Lipinski definition) is 8. The summed E-state index contributed by atoms with van der Waals surface area (Å²) in [6.07, 6.45) is 7.77. The Labute approximate surface area is 309 Å². The van der Waals surface area contributed by atoms with E-state index in [1.807, 2.05) is 32.1 Å². The average molecular weight is 737 g/mol. The molecule has 2 saturated heterocycles. The number of para-hydroxylation sites is 1. The number of halogens is 2. The summed E-state index contributed by atoms with van der Waals surface area (Å²) >= 11 is 1.16. The molecule has 0 saturated carbocycles. The number of pyridine rings is 1. The first-order valence-electron chi connectivity index (χ1n) is 17.6. The molecule has 0 bridgehead atoms. The molecule has 1 unspecified atom stereocenters. The topological polar surface area (TPSA) is 116 Å². The third-order valence-corrected chi connectivity index (χ3v) is 11.6. The van der Waals surface area contributed by atoms with Crippen LogP contribution in [0.4, 0.5) is 25.8 Å². The molecule has 4 aliphatic heterocycles. The van der Waals surface area contributed by atoms with Gasteiger partial charge in [-0.05, 0) is 105 Å². The van der Waals surface area contributed by atoms with Crippen LogP contribution in [0.15, 0.2) is 84.2 Å². The van der Waals surface area contributed by atoms with Crippen molar-refractivity contribution in [3.8, 4) is 10.6 Å². The van der Waals surface area contributed by atoms with E-state index in [0.29, 0.717) is 46.0 Å². The highest BCUT2D eigenvalue weighted by atomic mass is 32.1. The Bertz CT molecular complexity index is 2160. The molecule has 1 atom stereocenters. The molecule has 0 aliphatic carbocycles. The van der Waals surface area contributed by atoms with Crippen LogP contribution in [0.1, 0.15) is 50.9 Å². The Hall–Kier alpha value is -5.24. The molecule has 3 amide bonds. The fourth-order valence-electron chi connectivity index (χ4n) is 7.53. The summed E-state index contributed by atoms with van der Waals surface area (Å²) < 4.78 is 34.1. The fraction of sp³-hybridized carbons (Fsp3) is 0.300. The molecule has 13 heteroatoms. The first-order valence-corrected chi connectivity index (χ1v) is 18.4. The maximum Gasteiger partial charge on any atom is 0.265 e. The Morgan fingerprint density at radius 1 is 0.962 bits per heavy atom. The molecule has 2 aromatic heterocycles. The molecule has 4 aromatic rings. The monoisotopic (exact) mass is 736 g/mol. The standard InChI is InChI=1S/C40H38F2N6O4S/c1-23-18-31-34(43-20-23)35-26(19-32(53-35)38(50)46-33-29(41)4-3-5-30(33)42)12-15-48(31)39(51)25-7-9-27(10-8-25)45-37(49)28-11-6-24(2)44-36(28)47-21-40(22-47)13-16-52-17-14-40/h3-11,18-20,36,44H,12-17,21-22H2,1-2H3,(H,45,49)(H,46,50). The van der Waals surface area contributed by atoms with Crippen molar-refractivity contribution in [2.75, 3.05) is 48.4 Å². The molecule has 0 radical (unpaired) electrons. The highest BCUT2D eigenvalue weighted by Crippen LogP contribution is 2.43. The normalized spacial score (nSPS) is 19.1. The summed E-state index contributed by atoms with van der Waals surface area (Å²) in [5.74, 6) is -2.81. The van der Waals surface area contributed by atoms with Gasteiger partial charge in [0.25, 0.3) is 17.7 Å². The van der Waals surface area contributed by atoms with E-state index in [0.717, 1.165) is 79.4 Å². The van der Waals surface area contributed by atoms with Crippen LogP contribution in [0.25, 0.3) is 10.6 Å². The van der Waals surface area contributed by atoms with Gasteiger partial charge in [0.1, 0.15) is 29.2 Å². The number of anilines is 3. The summed E-state index contributed by atoms with van der Waals surface area (Å²) in [5.41, 5.74) is 5.18. The van der Waals surface area contributed by atoms with E-state index in [1.165, 1.54) is 6.07 Å². The highest BCUT2D eigenvalue weighted by Gasteiger charge is 2.47. The lowest BCUT2D eigenvalue weighted by Crippen LogP contribution is -2.65. The zero-order valence-electron chi connectivity index (χ0n) is 29.3. The first kappa shape index (κ1) is 34.8. The van der Waals surface area contributed by atoms with Gasteiger partial charge in [-0.1, -0.05) is 6.07 Å². The van der Waals surface area contributed by atoms with Gasteiger partial charge in [0, 0.05) is 61.4 Å². The SMILES string of the molecule is CC1=CC=C(C(=O)Nc2ccc(C(=O)N3CCc4cc(C(=O)Nc5c(F)cccc5F)sc4-c4ncc(C)cc43)cc2)C(N2CC3(CCOCC3)C2)N1. The fourth-order valence-corrected chi connectivity index (χ4v) is 8.64. The number of hydrogen-bond donors (Lipinski definition) is 3. The first-order chi connectivity index (χ1) is 25.6. The van der Waals surface area contributed by atoms with Crippen molar-refractivity contribution in [3.05, 3.63) is 117 Å². The van der Waals surface area contributed by atoms with Gasteiger partial charge in [0.05, 0.1) is 21.0 Å². The van der Waals surface area contributed by atoms with E-state index >= 15 is 0 Å². The lowest BCUT2D eigenvalue weighted by molar-refractivity contribution is -0.117. The number of aromatic nitrogens is 1. The van der Waals surface area contributed by atoms with Crippen LogP contribution in [-0.4, -0.2) is 66.6 Å². The quantitative estimate of drug-likeness (QED) is 0.203. The summed E-state index contributed by atoms with van der Waals surface area (Å²) in [7, 11) is 0. The van der Waals surface area contributed by atoms with Crippen molar-refractivity contribution >= 4 is 46.1 Å². The number of fused-ring (bicyclic) bond motifs is 3. The molecular formula is C40H38F2N6O4S. The maximum atomic E-state index is 14.2. The summed E-state index contributed by atoms with van der Waals surface area (Å²) in [5, 5.41) is 8.87. The molecule has 272 valence electrons. The van der Waals surface area contributed by atoms with Crippen LogP contribution in [0.2, 0.25) is 0 Å². The molecule has 8 rings (SSSR count). The molecule has 4 aliphatic rings. The number of amides is 3. The van der Waals surface area contributed by atoms with Gasteiger partial charge in [-0.15, -0.1) is 11.3 Å². The minimum atomic E-state index is -0.866. The smallest absolute Gasteiger partial charge is 0.265 e. The van der Waals surface area contributed by atoms with E-state index < -0.39 is 23.2 Å². The van der Waals surface area contributed by atoms with Crippen LogP contribution < -0.4 is 20.9 Å². The Balaban J connectivity index is 0.975. The molecule has 2 fully saturated rings. The van der Waals surface area contributed by atoms with Crippen molar-refractivity contribution in [3.63, 3.8) is 0 Å². The van der Waals surface area contributed by atoms with Gasteiger partial charge in [0.2, 0.25) is 0 Å². The van der Waals surface area contributed by atoms with Gasteiger partial charge in [-0.25, -0.2) is 8.78 Å². The highest BCUT2D eigenvalue weighted by molar-refractivity contribution is 7.17. The molecule has 10 nitrogen and oxygen atoms in total.